The zero-order chi connectivity index (χ0) is 18.6. The van der Waals surface area contributed by atoms with E-state index in [0.29, 0.717) is 5.92 Å². The average Bonchev–Trinajstić information content (AvgIpc) is 3.37. The van der Waals surface area contributed by atoms with Gasteiger partial charge in [0.2, 0.25) is 5.91 Å². The lowest BCUT2D eigenvalue weighted by Crippen LogP contribution is -2.45. The number of rotatable bonds is 3. The molecule has 1 fully saturated rings. The summed E-state index contributed by atoms with van der Waals surface area (Å²) in [5.41, 5.74) is 3.67. The van der Waals surface area contributed by atoms with Crippen LogP contribution >= 0.6 is 24.0 Å². The van der Waals surface area contributed by atoms with Crippen LogP contribution in [-0.4, -0.2) is 50.0 Å². The number of carbonyl (C=O) groups excluding carboxylic acids is 1. The molecule has 0 aromatic heterocycles. The van der Waals surface area contributed by atoms with Gasteiger partial charge in [-0.05, 0) is 30.0 Å². The third-order valence-corrected chi connectivity index (χ3v) is 5.56. The van der Waals surface area contributed by atoms with Crippen molar-refractivity contribution in [3.63, 3.8) is 0 Å². The Labute approximate surface area is 183 Å². The Kier molecular flexibility index (Phi) is 6.93. The zero-order valence-corrected chi connectivity index (χ0v) is 18.5. The molecule has 1 atom stereocenters. The molecule has 2 aromatic carbocycles. The summed E-state index contributed by atoms with van der Waals surface area (Å²) < 4.78 is 0. The molecule has 0 spiro atoms. The van der Waals surface area contributed by atoms with Crippen molar-refractivity contribution in [2.45, 2.75) is 18.8 Å². The van der Waals surface area contributed by atoms with E-state index in [4.69, 9.17) is 0 Å². The van der Waals surface area contributed by atoms with E-state index in [1.54, 1.807) is 7.05 Å². The van der Waals surface area contributed by atoms with E-state index in [-0.39, 0.29) is 36.4 Å². The number of hydrogen-bond acceptors (Lipinski definition) is 2. The molecule has 1 amide bonds. The molecule has 4 rings (SSSR count). The number of aliphatic imine (C=N–C) groups is 1. The van der Waals surface area contributed by atoms with Crippen LogP contribution < -0.4 is 10.2 Å². The minimum absolute atomic E-state index is 0. The summed E-state index contributed by atoms with van der Waals surface area (Å²) in [4.78, 5) is 21.3. The normalized spacial score (nSPS) is 18.6. The number of nitrogens with one attached hydrogen (secondary N) is 1. The van der Waals surface area contributed by atoms with Crippen LogP contribution in [0.3, 0.4) is 0 Å². The first kappa shape index (κ1) is 20.6. The summed E-state index contributed by atoms with van der Waals surface area (Å²) >= 11 is 0. The third kappa shape index (κ3) is 4.32. The maximum absolute atomic E-state index is 12.7. The summed E-state index contributed by atoms with van der Waals surface area (Å²) in [6.45, 7) is 2.93. The topological polar surface area (TPSA) is 47.9 Å². The Morgan fingerprint density at radius 2 is 1.86 bits per heavy atom. The van der Waals surface area contributed by atoms with Crippen molar-refractivity contribution in [1.29, 1.82) is 0 Å². The van der Waals surface area contributed by atoms with Gasteiger partial charge < -0.3 is 15.1 Å². The van der Waals surface area contributed by atoms with Gasteiger partial charge in [0, 0.05) is 38.3 Å². The molecule has 2 aromatic rings. The van der Waals surface area contributed by atoms with Crippen molar-refractivity contribution in [3.05, 3.63) is 65.7 Å². The highest BCUT2D eigenvalue weighted by Crippen LogP contribution is 2.28. The lowest BCUT2D eigenvalue weighted by Gasteiger charge is -2.23. The largest absolute Gasteiger partial charge is 0.347 e. The molecular weight excluding hydrogens is 463 g/mol. The van der Waals surface area contributed by atoms with Gasteiger partial charge in [-0.15, -0.1) is 24.0 Å². The van der Waals surface area contributed by atoms with E-state index in [0.717, 1.165) is 44.1 Å². The number of halogens is 1. The maximum Gasteiger partial charge on any atom is 0.246 e. The van der Waals surface area contributed by atoms with Crippen LogP contribution in [0.1, 0.15) is 23.5 Å². The van der Waals surface area contributed by atoms with E-state index in [2.05, 4.69) is 51.6 Å². The van der Waals surface area contributed by atoms with Crippen LogP contribution in [0, 0.1) is 0 Å². The molecule has 1 N–H and O–H groups in total. The number of amides is 1. The first-order valence-corrected chi connectivity index (χ1v) is 9.65. The summed E-state index contributed by atoms with van der Waals surface area (Å²) in [6, 6.07) is 18.8. The summed E-state index contributed by atoms with van der Waals surface area (Å²) in [7, 11) is 1.79. The highest BCUT2D eigenvalue weighted by Gasteiger charge is 2.27. The van der Waals surface area contributed by atoms with Crippen molar-refractivity contribution < 1.29 is 4.79 Å². The quantitative estimate of drug-likeness (QED) is 0.409. The monoisotopic (exact) mass is 490 g/mol. The minimum atomic E-state index is 0. The van der Waals surface area contributed by atoms with Gasteiger partial charge in [0.25, 0.3) is 0 Å². The lowest BCUT2D eigenvalue weighted by atomic mass is 9.99. The molecular formula is C22H27IN4O. The number of benzene rings is 2. The van der Waals surface area contributed by atoms with Crippen LogP contribution in [0.25, 0.3) is 0 Å². The maximum atomic E-state index is 12.7. The van der Waals surface area contributed by atoms with Crippen molar-refractivity contribution in [3.8, 4) is 0 Å². The lowest BCUT2D eigenvalue weighted by molar-refractivity contribution is -0.117. The zero-order valence-electron chi connectivity index (χ0n) is 16.2. The van der Waals surface area contributed by atoms with Gasteiger partial charge >= 0.3 is 0 Å². The molecule has 148 valence electrons. The summed E-state index contributed by atoms with van der Waals surface area (Å²) in [5.74, 6) is 1.43. The molecule has 2 aliphatic heterocycles. The standard InChI is InChI=1S/C22H26N4O.HI/c1-23-22(25-13-11-19(16-25)17-7-3-2-4-8-17)24-15-21(27)26-14-12-18-9-5-6-10-20(18)26;/h2-10,19H,11-16H2,1H3,(H,23,24);1H. The van der Waals surface area contributed by atoms with Crippen LogP contribution in [0.4, 0.5) is 5.69 Å². The Morgan fingerprint density at radius 1 is 1.11 bits per heavy atom. The Balaban J connectivity index is 0.00000225. The predicted molar refractivity (Wildman–Crippen MR) is 125 cm³/mol. The Hall–Kier alpha value is -2.09. The second-order valence-electron chi connectivity index (χ2n) is 7.17. The van der Waals surface area contributed by atoms with E-state index < -0.39 is 0 Å². The van der Waals surface area contributed by atoms with Gasteiger partial charge in [0.15, 0.2) is 5.96 Å². The van der Waals surface area contributed by atoms with Crippen molar-refractivity contribution in [1.82, 2.24) is 10.2 Å². The first-order chi connectivity index (χ1) is 13.3. The molecule has 5 nitrogen and oxygen atoms in total. The Bertz CT molecular complexity index is 839. The number of carbonyl (C=O) groups is 1. The van der Waals surface area contributed by atoms with Gasteiger partial charge in [-0.2, -0.15) is 0 Å². The fraction of sp³-hybridized carbons (Fsp3) is 0.364. The van der Waals surface area contributed by atoms with Crippen LogP contribution in [0.5, 0.6) is 0 Å². The smallest absolute Gasteiger partial charge is 0.246 e. The second-order valence-corrected chi connectivity index (χ2v) is 7.17. The second kappa shape index (κ2) is 9.41. The van der Waals surface area contributed by atoms with Crippen molar-refractivity contribution >= 4 is 41.5 Å². The molecule has 1 unspecified atom stereocenters. The number of anilines is 1. The molecule has 0 saturated carbocycles. The molecule has 2 aliphatic rings. The van der Waals surface area contributed by atoms with Gasteiger partial charge in [-0.3, -0.25) is 9.79 Å². The molecule has 28 heavy (non-hydrogen) atoms. The number of hydrogen-bond donors (Lipinski definition) is 1. The highest BCUT2D eigenvalue weighted by atomic mass is 127. The van der Waals surface area contributed by atoms with Gasteiger partial charge in [0.05, 0.1) is 6.54 Å². The third-order valence-electron chi connectivity index (χ3n) is 5.56. The molecule has 2 heterocycles. The molecule has 0 aliphatic carbocycles. The number of nitrogens with zero attached hydrogens (tertiary/aromatic N) is 3. The van der Waals surface area contributed by atoms with E-state index in [1.807, 2.05) is 23.1 Å². The SMILES string of the molecule is CN=C(NCC(=O)N1CCc2ccccc21)N1CCC(c2ccccc2)C1.I. The Morgan fingerprint density at radius 3 is 2.64 bits per heavy atom. The minimum Gasteiger partial charge on any atom is -0.347 e. The predicted octanol–water partition coefficient (Wildman–Crippen LogP) is 3.26. The van der Waals surface area contributed by atoms with Crippen LogP contribution in [0.15, 0.2) is 59.6 Å². The highest BCUT2D eigenvalue weighted by molar-refractivity contribution is 14.0. The van der Waals surface area contributed by atoms with Gasteiger partial charge in [-0.1, -0.05) is 48.5 Å². The fourth-order valence-corrected chi connectivity index (χ4v) is 4.13. The number of fused-ring (bicyclic) bond motifs is 1. The van der Waals surface area contributed by atoms with Gasteiger partial charge in [-0.25, -0.2) is 0 Å². The van der Waals surface area contributed by atoms with E-state index in [9.17, 15) is 4.79 Å². The fourth-order valence-electron chi connectivity index (χ4n) is 4.13. The molecule has 1 saturated heterocycles. The summed E-state index contributed by atoms with van der Waals surface area (Å²) in [6.07, 6.45) is 2.04. The van der Waals surface area contributed by atoms with Crippen LogP contribution in [0.2, 0.25) is 0 Å². The number of para-hydroxylation sites is 1. The first-order valence-electron chi connectivity index (χ1n) is 9.65. The number of guanidine groups is 1. The van der Waals surface area contributed by atoms with Crippen LogP contribution in [-0.2, 0) is 11.2 Å². The van der Waals surface area contributed by atoms with Crippen molar-refractivity contribution in [2.24, 2.45) is 4.99 Å². The number of likely N-dealkylation sites (tertiary alicyclic amines) is 1. The molecule has 0 radical (unpaired) electrons. The van der Waals surface area contributed by atoms with E-state index >= 15 is 0 Å². The van der Waals surface area contributed by atoms with Crippen molar-refractivity contribution in [2.75, 3.05) is 38.1 Å². The van der Waals surface area contributed by atoms with E-state index in [1.165, 1.54) is 11.1 Å². The summed E-state index contributed by atoms with van der Waals surface area (Å²) in [5, 5.41) is 3.28. The molecule has 6 heteroatoms. The average molecular weight is 490 g/mol. The van der Waals surface area contributed by atoms with Gasteiger partial charge in [0.1, 0.15) is 0 Å². The molecule has 0 bridgehead atoms.